The third-order valence-corrected chi connectivity index (χ3v) is 5.96. The Morgan fingerprint density at radius 3 is 2.29 bits per heavy atom. The second-order valence-corrected chi connectivity index (χ2v) is 8.30. The maximum Gasteiger partial charge on any atom is 0.309 e. The van der Waals surface area contributed by atoms with E-state index in [1.807, 2.05) is 13.8 Å². The lowest BCUT2D eigenvalue weighted by Crippen LogP contribution is -2.42. The lowest BCUT2D eigenvalue weighted by atomic mass is 9.98. The number of esters is 1. The monoisotopic (exact) mass is 360 g/mol. The van der Waals surface area contributed by atoms with Crippen molar-refractivity contribution in [3.05, 3.63) is 12.2 Å². The van der Waals surface area contributed by atoms with Gasteiger partial charge in [0.05, 0.1) is 11.7 Å². The van der Waals surface area contributed by atoms with E-state index in [0.29, 0.717) is 39.0 Å². The molecule has 1 aliphatic rings. The summed E-state index contributed by atoms with van der Waals surface area (Å²) in [7, 11) is -3.21. The molecule has 0 unspecified atom stereocenters. The van der Waals surface area contributed by atoms with E-state index in [1.165, 1.54) is 4.31 Å². The second-order valence-electron chi connectivity index (χ2n) is 6.05. The van der Waals surface area contributed by atoms with Gasteiger partial charge in [-0.15, -0.1) is 0 Å². The SMILES string of the molecule is C=C(C)CN(CC)C(=O)COC(=O)C1CCN(S(=O)(=O)CC)CC1. The summed E-state index contributed by atoms with van der Waals surface area (Å²) in [4.78, 5) is 25.7. The van der Waals surface area contributed by atoms with Crippen LogP contribution in [0.2, 0.25) is 0 Å². The van der Waals surface area contributed by atoms with Gasteiger partial charge in [0.15, 0.2) is 6.61 Å². The number of ether oxygens (including phenoxy) is 1. The number of amides is 1. The van der Waals surface area contributed by atoms with E-state index in [4.69, 9.17) is 4.74 Å². The molecule has 0 atom stereocenters. The minimum atomic E-state index is -3.21. The minimum absolute atomic E-state index is 0.0617. The van der Waals surface area contributed by atoms with Crippen molar-refractivity contribution in [2.45, 2.75) is 33.6 Å². The van der Waals surface area contributed by atoms with Crippen molar-refractivity contribution in [1.82, 2.24) is 9.21 Å². The molecule has 0 bridgehead atoms. The zero-order valence-electron chi connectivity index (χ0n) is 14.8. The van der Waals surface area contributed by atoms with Gasteiger partial charge in [-0.2, -0.15) is 0 Å². The highest BCUT2D eigenvalue weighted by molar-refractivity contribution is 7.89. The van der Waals surface area contributed by atoms with E-state index < -0.39 is 16.0 Å². The number of carbonyl (C=O) groups is 2. The molecule has 0 aliphatic carbocycles. The van der Waals surface area contributed by atoms with E-state index >= 15 is 0 Å². The number of hydrogen-bond acceptors (Lipinski definition) is 5. The van der Waals surface area contributed by atoms with Gasteiger partial charge in [0.2, 0.25) is 10.0 Å². The van der Waals surface area contributed by atoms with E-state index in [2.05, 4.69) is 6.58 Å². The Labute approximate surface area is 144 Å². The van der Waals surface area contributed by atoms with Crippen LogP contribution >= 0.6 is 0 Å². The molecule has 1 amide bonds. The molecular formula is C16H28N2O5S. The van der Waals surface area contributed by atoms with Crippen LogP contribution in [0.15, 0.2) is 12.2 Å². The van der Waals surface area contributed by atoms with Crippen LogP contribution in [0.5, 0.6) is 0 Å². The highest BCUT2D eigenvalue weighted by atomic mass is 32.2. The number of sulfonamides is 1. The molecule has 0 saturated carbocycles. The van der Waals surface area contributed by atoms with Crippen molar-refractivity contribution >= 4 is 21.9 Å². The van der Waals surface area contributed by atoms with Crippen LogP contribution in [-0.4, -0.2) is 68.0 Å². The lowest BCUT2D eigenvalue weighted by Gasteiger charge is -2.29. The first kappa shape index (κ1) is 20.6. The number of carbonyl (C=O) groups excluding carboxylic acids is 2. The first-order valence-electron chi connectivity index (χ1n) is 8.27. The van der Waals surface area contributed by atoms with Gasteiger partial charge in [0.1, 0.15) is 0 Å². The predicted octanol–water partition coefficient (Wildman–Crippen LogP) is 1.02. The van der Waals surface area contributed by atoms with Gasteiger partial charge in [-0.05, 0) is 33.6 Å². The molecule has 0 aromatic rings. The summed E-state index contributed by atoms with van der Waals surface area (Å²) in [6, 6.07) is 0. The quantitative estimate of drug-likeness (QED) is 0.477. The van der Waals surface area contributed by atoms with Crippen LogP contribution < -0.4 is 0 Å². The van der Waals surface area contributed by atoms with Crippen molar-refractivity contribution in [2.75, 3.05) is 38.5 Å². The average molecular weight is 360 g/mol. The Hall–Kier alpha value is -1.41. The molecule has 0 aromatic heterocycles. The van der Waals surface area contributed by atoms with Crippen molar-refractivity contribution in [2.24, 2.45) is 5.92 Å². The summed E-state index contributed by atoms with van der Waals surface area (Å²) in [5.41, 5.74) is 0.862. The Bertz CT molecular complexity index is 565. The van der Waals surface area contributed by atoms with Crippen LogP contribution in [0.4, 0.5) is 0 Å². The van der Waals surface area contributed by atoms with Gasteiger partial charge >= 0.3 is 5.97 Å². The third kappa shape index (κ3) is 5.90. The number of nitrogens with zero attached hydrogens (tertiary/aromatic N) is 2. The van der Waals surface area contributed by atoms with Crippen LogP contribution in [0.1, 0.15) is 33.6 Å². The third-order valence-electron chi connectivity index (χ3n) is 4.08. The first-order valence-corrected chi connectivity index (χ1v) is 9.88. The van der Waals surface area contributed by atoms with Gasteiger partial charge < -0.3 is 9.64 Å². The normalized spacial score (nSPS) is 16.6. The molecule has 7 nitrogen and oxygen atoms in total. The summed E-state index contributed by atoms with van der Waals surface area (Å²) < 4.78 is 30.1. The fourth-order valence-electron chi connectivity index (χ4n) is 2.60. The number of rotatable bonds is 8. The van der Waals surface area contributed by atoms with Crippen LogP contribution in [0, 0.1) is 5.92 Å². The number of likely N-dealkylation sites (N-methyl/N-ethyl adjacent to an activating group) is 1. The maximum atomic E-state index is 12.1. The molecule has 1 rings (SSSR count). The molecule has 1 heterocycles. The Balaban J connectivity index is 2.44. The number of piperidine rings is 1. The zero-order valence-corrected chi connectivity index (χ0v) is 15.6. The maximum absolute atomic E-state index is 12.1. The van der Waals surface area contributed by atoms with Crippen molar-refractivity contribution < 1.29 is 22.7 Å². The average Bonchev–Trinajstić information content (AvgIpc) is 2.57. The molecule has 1 saturated heterocycles. The Kier molecular flexibility index (Phi) is 7.89. The largest absolute Gasteiger partial charge is 0.455 e. The molecule has 0 N–H and O–H groups in total. The van der Waals surface area contributed by atoms with E-state index in [9.17, 15) is 18.0 Å². The second kappa shape index (κ2) is 9.17. The van der Waals surface area contributed by atoms with Gasteiger partial charge in [-0.3, -0.25) is 9.59 Å². The molecule has 1 fully saturated rings. The zero-order chi connectivity index (χ0) is 18.3. The molecule has 1 aliphatic heterocycles. The standard InChI is InChI=1S/C16H28N2O5S/c1-5-17(11-13(3)4)15(19)12-23-16(20)14-7-9-18(10-8-14)24(21,22)6-2/h14H,3,5-12H2,1-2,4H3. The molecule has 24 heavy (non-hydrogen) atoms. The van der Waals surface area contributed by atoms with Gasteiger partial charge in [-0.1, -0.05) is 12.2 Å². The molecule has 0 aromatic carbocycles. The molecule has 0 spiro atoms. The summed E-state index contributed by atoms with van der Waals surface area (Å²) in [5, 5.41) is 0. The van der Waals surface area contributed by atoms with Gasteiger partial charge in [0.25, 0.3) is 5.91 Å². The Morgan fingerprint density at radius 2 is 1.83 bits per heavy atom. The lowest BCUT2D eigenvalue weighted by molar-refractivity contribution is -0.156. The Morgan fingerprint density at radius 1 is 1.25 bits per heavy atom. The fraction of sp³-hybridized carbons (Fsp3) is 0.750. The molecule has 8 heteroatoms. The topological polar surface area (TPSA) is 84.0 Å². The highest BCUT2D eigenvalue weighted by Crippen LogP contribution is 2.21. The van der Waals surface area contributed by atoms with Crippen LogP contribution in [-0.2, 0) is 24.3 Å². The van der Waals surface area contributed by atoms with Gasteiger partial charge in [0, 0.05) is 26.2 Å². The highest BCUT2D eigenvalue weighted by Gasteiger charge is 2.31. The van der Waals surface area contributed by atoms with E-state index in [1.54, 1.807) is 11.8 Å². The smallest absolute Gasteiger partial charge is 0.309 e. The summed E-state index contributed by atoms with van der Waals surface area (Å²) in [5.74, 6) is -0.966. The molecule has 138 valence electrons. The predicted molar refractivity (Wildman–Crippen MR) is 91.8 cm³/mol. The first-order chi connectivity index (χ1) is 11.2. The van der Waals surface area contributed by atoms with Crippen molar-refractivity contribution in [3.63, 3.8) is 0 Å². The molecular weight excluding hydrogens is 332 g/mol. The minimum Gasteiger partial charge on any atom is -0.455 e. The van der Waals surface area contributed by atoms with Gasteiger partial charge in [-0.25, -0.2) is 12.7 Å². The van der Waals surface area contributed by atoms with Crippen molar-refractivity contribution in [3.8, 4) is 0 Å². The summed E-state index contributed by atoms with van der Waals surface area (Å²) >= 11 is 0. The number of hydrogen-bond donors (Lipinski definition) is 0. The van der Waals surface area contributed by atoms with E-state index in [-0.39, 0.29) is 24.2 Å². The van der Waals surface area contributed by atoms with Crippen molar-refractivity contribution in [1.29, 1.82) is 0 Å². The van der Waals surface area contributed by atoms with Crippen LogP contribution in [0.25, 0.3) is 0 Å². The van der Waals surface area contributed by atoms with E-state index in [0.717, 1.165) is 5.57 Å². The fourth-order valence-corrected chi connectivity index (χ4v) is 3.73. The van der Waals surface area contributed by atoms with Crippen LogP contribution in [0.3, 0.4) is 0 Å². The summed E-state index contributed by atoms with van der Waals surface area (Å²) in [6.07, 6.45) is 0.852. The summed E-state index contributed by atoms with van der Waals surface area (Å²) in [6.45, 7) is 10.4. The molecule has 0 radical (unpaired) electrons.